The van der Waals surface area contributed by atoms with Crippen molar-refractivity contribution < 1.29 is 27.2 Å². The van der Waals surface area contributed by atoms with E-state index in [1.165, 1.54) is 18.2 Å². The highest BCUT2D eigenvalue weighted by Crippen LogP contribution is 2.36. The van der Waals surface area contributed by atoms with Crippen molar-refractivity contribution in [3.8, 4) is 11.1 Å². The molecule has 1 fully saturated rings. The lowest BCUT2D eigenvalue weighted by Gasteiger charge is -2.44. The van der Waals surface area contributed by atoms with E-state index in [0.717, 1.165) is 31.5 Å². The molecule has 45 heavy (non-hydrogen) atoms. The molecule has 9 nitrogen and oxygen atoms in total. The SMILES string of the molecule is C[C@@H]1CN(c2ccc(-c3ccc(C(=O)NCCCCCN)cc3F)cc2NC(=O)c2c[nH]c(=O)cc2C(F)(F)F)C[C@H](C)N1C. The molecule has 2 amide bonds. The van der Waals surface area contributed by atoms with Crippen LogP contribution in [0, 0.1) is 5.82 Å². The first-order valence-corrected chi connectivity index (χ1v) is 14.8. The summed E-state index contributed by atoms with van der Waals surface area (Å²) in [5, 5.41) is 5.34. The van der Waals surface area contributed by atoms with Crippen molar-refractivity contribution in [2.75, 3.05) is 43.4 Å². The molecule has 0 radical (unpaired) electrons. The summed E-state index contributed by atoms with van der Waals surface area (Å²) in [7, 11) is 2.00. The van der Waals surface area contributed by atoms with Gasteiger partial charge in [0.1, 0.15) is 5.82 Å². The minimum Gasteiger partial charge on any atom is -0.367 e. The molecule has 2 heterocycles. The largest absolute Gasteiger partial charge is 0.417 e. The van der Waals surface area contributed by atoms with Crippen LogP contribution in [-0.4, -0.2) is 67.0 Å². The highest BCUT2D eigenvalue weighted by molar-refractivity contribution is 6.07. The molecule has 13 heteroatoms. The third-order valence-corrected chi connectivity index (χ3v) is 8.13. The van der Waals surface area contributed by atoms with Crippen LogP contribution in [0.3, 0.4) is 0 Å². The Morgan fingerprint density at radius 2 is 1.71 bits per heavy atom. The number of nitrogens with one attached hydrogen (secondary N) is 3. The van der Waals surface area contributed by atoms with Gasteiger partial charge in [0, 0.05) is 55.1 Å². The molecule has 0 aliphatic carbocycles. The van der Waals surface area contributed by atoms with E-state index in [1.54, 1.807) is 12.1 Å². The normalized spacial score (nSPS) is 17.3. The molecular formula is C32H38F4N6O3. The first-order chi connectivity index (χ1) is 21.3. The molecule has 0 unspecified atom stereocenters. The van der Waals surface area contributed by atoms with Crippen LogP contribution in [0.2, 0.25) is 0 Å². The van der Waals surface area contributed by atoms with E-state index in [4.69, 9.17) is 5.73 Å². The number of nitrogens with zero attached hydrogens (tertiary/aromatic N) is 2. The van der Waals surface area contributed by atoms with Gasteiger partial charge in [-0.05, 0) is 70.1 Å². The molecule has 1 aliphatic heterocycles. The molecule has 2 aromatic carbocycles. The van der Waals surface area contributed by atoms with Crippen LogP contribution >= 0.6 is 0 Å². The van der Waals surface area contributed by atoms with E-state index in [9.17, 15) is 27.6 Å². The summed E-state index contributed by atoms with van der Waals surface area (Å²) in [6, 6.07) is 9.50. The number of pyridine rings is 1. The number of nitrogens with two attached hydrogens (primary N) is 1. The van der Waals surface area contributed by atoms with Crippen LogP contribution in [0.5, 0.6) is 0 Å². The number of anilines is 2. The number of rotatable bonds is 10. The van der Waals surface area contributed by atoms with Crippen molar-refractivity contribution in [2.45, 2.75) is 51.4 Å². The molecule has 4 rings (SSSR count). The van der Waals surface area contributed by atoms with Gasteiger partial charge in [-0.2, -0.15) is 13.2 Å². The van der Waals surface area contributed by atoms with Gasteiger partial charge in [-0.15, -0.1) is 0 Å². The summed E-state index contributed by atoms with van der Waals surface area (Å²) in [5.41, 5.74) is 3.67. The lowest BCUT2D eigenvalue weighted by molar-refractivity contribution is -0.138. The zero-order chi connectivity index (χ0) is 32.9. The number of likely N-dealkylation sites (N-methyl/N-ethyl adjacent to an activating group) is 1. The summed E-state index contributed by atoms with van der Waals surface area (Å²) in [6.07, 6.45) is -1.76. The Hall–Kier alpha value is -4.23. The standard InChI is InChI=1S/C32H38F4N6O3/c1-19-17-42(18-20(2)41(19)3)28-10-8-21(23-9-7-22(13-26(23)33)30(44)38-12-6-4-5-11-37)14-27(28)40-31(45)24-16-39-29(43)15-25(24)32(34,35)36/h7-10,13-16,19-20H,4-6,11-12,17-18,37H2,1-3H3,(H,38,44)(H,39,43)(H,40,45)/t19-,20+. The maximum atomic E-state index is 15.4. The van der Waals surface area contributed by atoms with E-state index >= 15 is 4.39 Å². The first kappa shape index (κ1) is 33.7. The van der Waals surface area contributed by atoms with E-state index < -0.39 is 40.5 Å². The molecular weight excluding hydrogens is 592 g/mol. The lowest BCUT2D eigenvalue weighted by atomic mass is 10.00. The number of hydrogen-bond donors (Lipinski definition) is 4. The molecule has 1 aromatic heterocycles. The van der Waals surface area contributed by atoms with Gasteiger partial charge in [-0.1, -0.05) is 18.6 Å². The smallest absolute Gasteiger partial charge is 0.367 e. The Bertz CT molecular complexity index is 1580. The van der Waals surface area contributed by atoms with E-state index in [-0.39, 0.29) is 28.9 Å². The second-order valence-corrected chi connectivity index (χ2v) is 11.4. The highest BCUT2D eigenvalue weighted by atomic mass is 19.4. The predicted octanol–water partition coefficient (Wildman–Crippen LogP) is 4.84. The molecule has 3 aromatic rings. The molecule has 5 N–H and O–H groups in total. The summed E-state index contributed by atoms with van der Waals surface area (Å²) in [6.45, 7) is 6.22. The van der Waals surface area contributed by atoms with Gasteiger partial charge < -0.3 is 26.3 Å². The van der Waals surface area contributed by atoms with Crippen molar-refractivity contribution in [1.29, 1.82) is 0 Å². The highest BCUT2D eigenvalue weighted by Gasteiger charge is 2.36. The van der Waals surface area contributed by atoms with Crippen molar-refractivity contribution in [3.05, 3.63) is 81.5 Å². The number of unbranched alkanes of at least 4 members (excludes halogenated alkanes) is 2. The quantitative estimate of drug-likeness (QED) is 0.188. The fourth-order valence-electron chi connectivity index (χ4n) is 5.40. The Labute approximate surface area is 258 Å². The Kier molecular flexibility index (Phi) is 10.7. The van der Waals surface area contributed by atoms with Gasteiger partial charge in [0.05, 0.1) is 22.5 Å². The topological polar surface area (TPSA) is 124 Å². The van der Waals surface area contributed by atoms with Crippen LogP contribution < -0.4 is 26.8 Å². The minimum atomic E-state index is -4.95. The Morgan fingerprint density at radius 1 is 1.00 bits per heavy atom. The maximum Gasteiger partial charge on any atom is 0.417 e. The zero-order valence-electron chi connectivity index (χ0n) is 25.4. The molecule has 242 valence electrons. The van der Waals surface area contributed by atoms with Crippen LogP contribution in [0.25, 0.3) is 11.1 Å². The van der Waals surface area contributed by atoms with Gasteiger partial charge in [-0.25, -0.2) is 4.39 Å². The average molecular weight is 631 g/mol. The Morgan fingerprint density at radius 3 is 2.36 bits per heavy atom. The maximum absolute atomic E-state index is 15.4. The van der Waals surface area contributed by atoms with Crippen LogP contribution in [0.1, 0.15) is 59.4 Å². The summed E-state index contributed by atoms with van der Waals surface area (Å²) in [4.78, 5) is 43.8. The number of piperazine rings is 1. The number of halogens is 4. The van der Waals surface area contributed by atoms with Crippen LogP contribution in [0.4, 0.5) is 28.9 Å². The second kappa shape index (κ2) is 14.2. The fourth-order valence-corrected chi connectivity index (χ4v) is 5.40. The number of carbonyl (C=O) groups is 2. The summed E-state index contributed by atoms with van der Waals surface area (Å²) >= 11 is 0. The third-order valence-electron chi connectivity index (χ3n) is 8.13. The number of amides is 2. The number of carbonyl (C=O) groups excluding carboxylic acids is 2. The van der Waals surface area contributed by atoms with E-state index in [0.29, 0.717) is 43.5 Å². The fraction of sp³-hybridized carbons (Fsp3) is 0.406. The molecule has 1 saturated heterocycles. The van der Waals surface area contributed by atoms with E-state index in [2.05, 4.69) is 20.5 Å². The minimum absolute atomic E-state index is 0.129. The monoisotopic (exact) mass is 630 g/mol. The first-order valence-electron chi connectivity index (χ1n) is 14.8. The van der Waals surface area contributed by atoms with Gasteiger partial charge >= 0.3 is 6.18 Å². The van der Waals surface area contributed by atoms with Crippen molar-refractivity contribution in [1.82, 2.24) is 15.2 Å². The van der Waals surface area contributed by atoms with Gasteiger partial charge in [-0.3, -0.25) is 19.3 Å². The van der Waals surface area contributed by atoms with Gasteiger partial charge in [0.15, 0.2) is 0 Å². The van der Waals surface area contributed by atoms with Crippen LogP contribution in [0.15, 0.2) is 53.5 Å². The van der Waals surface area contributed by atoms with Gasteiger partial charge in [0.25, 0.3) is 11.8 Å². The number of aromatic amines is 1. The molecule has 1 aliphatic rings. The van der Waals surface area contributed by atoms with E-state index in [1.807, 2.05) is 25.8 Å². The molecule has 0 spiro atoms. The number of aromatic nitrogens is 1. The van der Waals surface area contributed by atoms with Gasteiger partial charge in [0.2, 0.25) is 5.56 Å². The average Bonchev–Trinajstić information content (AvgIpc) is 2.98. The number of H-pyrrole nitrogens is 1. The van der Waals surface area contributed by atoms with Crippen LogP contribution in [-0.2, 0) is 6.18 Å². The summed E-state index contributed by atoms with van der Waals surface area (Å²) < 4.78 is 56.6. The zero-order valence-corrected chi connectivity index (χ0v) is 25.4. The lowest BCUT2D eigenvalue weighted by Crippen LogP contribution is -2.55. The molecule has 0 saturated carbocycles. The number of benzene rings is 2. The van der Waals surface area contributed by atoms with Crippen molar-refractivity contribution in [3.63, 3.8) is 0 Å². The second-order valence-electron chi connectivity index (χ2n) is 11.4. The molecule has 0 bridgehead atoms. The van der Waals surface area contributed by atoms with Crippen molar-refractivity contribution >= 4 is 23.2 Å². The number of alkyl halides is 3. The summed E-state index contributed by atoms with van der Waals surface area (Å²) in [5.74, 6) is -2.19. The Balaban J connectivity index is 1.68. The van der Waals surface area contributed by atoms with Crippen molar-refractivity contribution in [2.24, 2.45) is 5.73 Å². The molecule has 2 atom stereocenters. The predicted molar refractivity (Wildman–Crippen MR) is 166 cm³/mol. The third kappa shape index (κ3) is 8.08. The number of hydrogen-bond acceptors (Lipinski definition) is 6.